The lowest BCUT2D eigenvalue weighted by Crippen LogP contribution is -2.00. The van der Waals surface area contributed by atoms with Gasteiger partial charge in [-0.1, -0.05) is 0 Å². The quantitative estimate of drug-likeness (QED) is 0.803. The van der Waals surface area contributed by atoms with Crippen molar-refractivity contribution in [3.63, 3.8) is 0 Å². The molecule has 0 amide bonds. The Bertz CT molecular complexity index is 446. The lowest BCUT2D eigenvalue weighted by Gasteiger charge is -2.02. The Morgan fingerprint density at radius 1 is 1.33 bits per heavy atom. The monoisotopic (exact) mass is 203 g/mol. The van der Waals surface area contributed by atoms with Crippen molar-refractivity contribution in [3.05, 3.63) is 24.8 Å². The number of hydrogen-bond donors (Lipinski definition) is 1. The second-order valence-electron chi connectivity index (χ2n) is 3.60. The number of rotatable bonds is 2. The number of aromatic nitrogens is 4. The zero-order chi connectivity index (χ0) is 10.8. The van der Waals surface area contributed by atoms with E-state index < -0.39 is 0 Å². The molecular weight excluding hydrogens is 190 g/mol. The zero-order valence-corrected chi connectivity index (χ0v) is 8.75. The van der Waals surface area contributed by atoms with E-state index >= 15 is 0 Å². The Morgan fingerprint density at radius 2 is 2.13 bits per heavy atom. The molecule has 78 valence electrons. The summed E-state index contributed by atoms with van der Waals surface area (Å²) in [5, 5.41) is 4.37. The minimum Gasteiger partial charge on any atom is -0.396 e. The first-order valence-corrected chi connectivity index (χ1v) is 4.79. The van der Waals surface area contributed by atoms with E-state index in [9.17, 15) is 0 Å². The SMILES string of the molecule is CC(C)n1cc(N)c(-c2cnccn2)n1. The third kappa shape index (κ3) is 1.81. The maximum Gasteiger partial charge on any atom is 0.135 e. The van der Waals surface area contributed by atoms with E-state index in [2.05, 4.69) is 15.1 Å². The zero-order valence-electron chi connectivity index (χ0n) is 8.75. The van der Waals surface area contributed by atoms with Gasteiger partial charge in [-0.25, -0.2) is 0 Å². The van der Waals surface area contributed by atoms with Crippen LogP contribution in [0, 0.1) is 0 Å². The molecular formula is C10H13N5. The standard InChI is InChI=1S/C10H13N5/c1-7(2)15-6-8(11)10(14-15)9-5-12-3-4-13-9/h3-7H,11H2,1-2H3. The fourth-order valence-corrected chi connectivity index (χ4v) is 1.29. The van der Waals surface area contributed by atoms with Gasteiger partial charge in [-0.15, -0.1) is 0 Å². The van der Waals surface area contributed by atoms with E-state index in [1.165, 1.54) is 0 Å². The van der Waals surface area contributed by atoms with Gasteiger partial charge in [0.15, 0.2) is 0 Å². The number of nitrogens with zero attached hydrogens (tertiary/aromatic N) is 4. The highest BCUT2D eigenvalue weighted by Crippen LogP contribution is 2.22. The van der Waals surface area contributed by atoms with Crippen molar-refractivity contribution in [2.24, 2.45) is 0 Å². The van der Waals surface area contributed by atoms with E-state index in [-0.39, 0.29) is 6.04 Å². The smallest absolute Gasteiger partial charge is 0.135 e. The van der Waals surface area contributed by atoms with E-state index in [1.807, 2.05) is 24.7 Å². The van der Waals surface area contributed by atoms with Crippen molar-refractivity contribution in [2.75, 3.05) is 5.73 Å². The largest absolute Gasteiger partial charge is 0.396 e. The number of anilines is 1. The van der Waals surface area contributed by atoms with Crippen molar-refractivity contribution in [2.45, 2.75) is 19.9 Å². The highest BCUT2D eigenvalue weighted by Gasteiger charge is 2.10. The molecule has 2 aromatic rings. The van der Waals surface area contributed by atoms with Gasteiger partial charge in [0, 0.05) is 24.6 Å². The van der Waals surface area contributed by atoms with Crippen LogP contribution in [0.15, 0.2) is 24.8 Å². The summed E-state index contributed by atoms with van der Waals surface area (Å²) >= 11 is 0. The van der Waals surface area contributed by atoms with Gasteiger partial charge in [0.05, 0.1) is 11.9 Å². The summed E-state index contributed by atoms with van der Waals surface area (Å²) in [5.41, 5.74) is 7.88. The molecule has 0 aliphatic rings. The van der Waals surface area contributed by atoms with Crippen LogP contribution in [0.25, 0.3) is 11.4 Å². The first kappa shape index (κ1) is 9.64. The van der Waals surface area contributed by atoms with Gasteiger partial charge in [0.2, 0.25) is 0 Å². The average Bonchev–Trinajstić information content (AvgIpc) is 2.62. The number of nitrogens with two attached hydrogens (primary N) is 1. The predicted molar refractivity (Wildman–Crippen MR) is 58.1 cm³/mol. The Balaban J connectivity index is 2.45. The molecule has 0 saturated heterocycles. The van der Waals surface area contributed by atoms with Crippen molar-refractivity contribution < 1.29 is 0 Å². The first-order valence-electron chi connectivity index (χ1n) is 4.79. The van der Waals surface area contributed by atoms with Crippen LogP contribution in [0.4, 0.5) is 5.69 Å². The Hall–Kier alpha value is -1.91. The molecule has 0 aromatic carbocycles. The molecule has 0 fully saturated rings. The topological polar surface area (TPSA) is 69.6 Å². The van der Waals surface area contributed by atoms with E-state index in [4.69, 9.17) is 5.73 Å². The van der Waals surface area contributed by atoms with Crippen LogP contribution < -0.4 is 5.73 Å². The van der Waals surface area contributed by atoms with Crippen molar-refractivity contribution in [1.29, 1.82) is 0 Å². The lowest BCUT2D eigenvalue weighted by atomic mass is 10.3. The average molecular weight is 203 g/mol. The van der Waals surface area contributed by atoms with Crippen molar-refractivity contribution in [3.8, 4) is 11.4 Å². The number of nitrogen functional groups attached to an aromatic ring is 1. The molecule has 0 atom stereocenters. The first-order chi connectivity index (χ1) is 7.18. The predicted octanol–water partition coefficient (Wildman–Crippen LogP) is 1.50. The molecule has 0 spiro atoms. The Morgan fingerprint density at radius 3 is 2.67 bits per heavy atom. The molecule has 0 radical (unpaired) electrons. The molecule has 0 aliphatic carbocycles. The highest BCUT2D eigenvalue weighted by molar-refractivity contribution is 5.68. The minimum absolute atomic E-state index is 0.290. The molecule has 15 heavy (non-hydrogen) atoms. The lowest BCUT2D eigenvalue weighted by molar-refractivity contribution is 0.534. The van der Waals surface area contributed by atoms with E-state index in [1.54, 1.807) is 18.6 Å². The van der Waals surface area contributed by atoms with Gasteiger partial charge >= 0.3 is 0 Å². The Kier molecular flexibility index (Phi) is 2.37. The van der Waals surface area contributed by atoms with Crippen LogP contribution in [0.5, 0.6) is 0 Å². The third-order valence-corrected chi connectivity index (χ3v) is 2.10. The van der Waals surface area contributed by atoms with Crippen LogP contribution in [0.2, 0.25) is 0 Å². The van der Waals surface area contributed by atoms with E-state index in [0.717, 1.165) is 0 Å². The third-order valence-electron chi connectivity index (χ3n) is 2.10. The molecule has 2 heterocycles. The van der Waals surface area contributed by atoms with Gasteiger partial charge in [-0.2, -0.15) is 5.10 Å². The summed E-state index contributed by atoms with van der Waals surface area (Å²) in [7, 11) is 0. The van der Waals surface area contributed by atoms with Crippen LogP contribution in [0.1, 0.15) is 19.9 Å². The van der Waals surface area contributed by atoms with Crippen LogP contribution in [-0.4, -0.2) is 19.7 Å². The maximum atomic E-state index is 5.86. The van der Waals surface area contributed by atoms with Gasteiger partial charge in [-0.3, -0.25) is 14.6 Å². The summed E-state index contributed by atoms with van der Waals surface area (Å²) < 4.78 is 1.82. The highest BCUT2D eigenvalue weighted by atomic mass is 15.3. The second kappa shape index (κ2) is 3.68. The van der Waals surface area contributed by atoms with Crippen LogP contribution >= 0.6 is 0 Å². The molecule has 2 aromatic heterocycles. The summed E-state index contributed by atoms with van der Waals surface area (Å²) in [6.45, 7) is 4.10. The molecule has 0 saturated carbocycles. The van der Waals surface area contributed by atoms with Crippen LogP contribution in [-0.2, 0) is 0 Å². The van der Waals surface area contributed by atoms with Gasteiger partial charge in [0.25, 0.3) is 0 Å². The van der Waals surface area contributed by atoms with Gasteiger partial charge in [-0.05, 0) is 13.8 Å². The summed E-state index contributed by atoms with van der Waals surface area (Å²) in [5.74, 6) is 0. The second-order valence-corrected chi connectivity index (χ2v) is 3.60. The Labute approximate surface area is 88.0 Å². The molecule has 2 N–H and O–H groups in total. The molecule has 0 aliphatic heterocycles. The summed E-state index contributed by atoms with van der Waals surface area (Å²) in [6, 6.07) is 0.290. The molecule has 5 heteroatoms. The van der Waals surface area contributed by atoms with Gasteiger partial charge < -0.3 is 5.73 Å². The maximum absolute atomic E-state index is 5.86. The van der Waals surface area contributed by atoms with Crippen molar-refractivity contribution in [1.82, 2.24) is 19.7 Å². The number of hydrogen-bond acceptors (Lipinski definition) is 4. The fourth-order valence-electron chi connectivity index (χ4n) is 1.29. The minimum atomic E-state index is 0.290. The van der Waals surface area contributed by atoms with E-state index in [0.29, 0.717) is 17.1 Å². The molecule has 0 unspecified atom stereocenters. The van der Waals surface area contributed by atoms with Crippen LogP contribution in [0.3, 0.4) is 0 Å². The van der Waals surface area contributed by atoms with Gasteiger partial charge in [0.1, 0.15) is 11.4 Å². The molecule has 0 bridgehead atoms. The summed E-state index contributed by atoms with van der Waals surface area (Å²) in [6.07, 6.45) is 6.72. The molecule has 2 rings (SSSR count). The summed E-state index contributed by atoms with van der Waals surface area (Å²) in [4.78, 5) is 8.15. The van der Waals surface area contributed by atoms with Crippen molar-refractivity contribution >= 4 is 5.69 Å². The normalized spacial score (nSPS) is 10.9. The molecule has 5 nitrogen and oxygen atoms in total. The fraction of sp³-hybridized carbons (Fsp3) is 0.300.